The highest BCUT2D eigenvalue weighted by Crippen LogP contribution is 2.14. The molecule has 0 atom stereocenters. The van der Waals surface area contributed by atoms with Gasteiger partial charge in [-0.15, -0.1) is 12.6 Å². The van der Waals surface area contributed by atoms with Crippen LogP contribution in [0.25, 0.3) is 0 Å². The quantitative estimate of drug-likeness (QED) is 0.455. The van der Waals surface area contributed by atoms with Gasteiger partial charge in [0.25, 0.3) is 0 Å². The molecule has 3 radical (unpaired) electrons. The van der Waals surface area contributed by atoms with Gasteiger partial charge >= 0.3 is 0 Å². The van der Waals surface area contributed by atoms with Gasteiger partial charge in [0.1, 0.15) is 0 Å². The first-order valence-corrected chi connectivity index (χ1v) is 4.50. The molecule has 1 aromatic carbocycles. The van der Waals surface area contributed by atoms with Crippen LogP contribution in [0.15, 0.2) is 11.0 Å². The van der Waals surface area contributed by atoms with Gasteiger partial charge in [-0.25, -0.2) is 0 Å². The normalized spacial score (nSPS) is 10.3. The molecule has 0 saturated carbocycles. The first-order chi connectivity index (χ1) is 5.04. The lowest BCUT2D eigenvalue weighted by atomic mass is 10.0. The third-order valence-electron chi connectivity index (χ3n) is 2.14. The molecule has 11 heavy (non-hydrogen) atoms. The average Bonchev–Trinajstić information content (AvgIpc) is 1.97. The SMILES string of the molecule is Cc1cc(S)c([Si])c(C)c1C. The lowest BCUT2D eigenvalue weighted by Gasteiger charge is -2.10. The van der Waals surface area contributed by atoms with Gasteiger partial charge in [0.2, 0.25) is 0 Å². The van der Waals surface area contributed by atoms with Crippen LogP contribution in [0.2, 0.25) is 0 Å². The van der Waals surface area contributed by atoms with E-state index in [4.69, 9.17) is 0 Å². The summed E-state index contributed by atoms with van der Waals surface area (Å²) in [6.07, 6.45) is 0. The highest BCUT2D eigenvalue weighted by Gasteiger charge is 2.03. The van der Waals surface area contributed by atoms with E-state index in [1.54, 1.807) is 0 Å². The summed E-state index contributed by atoms with van der Waals surface area (Å²) < 4.78 is 0. The summed E-state index contributed by atoms with van der Waals surface area (Å²) in [7, 11) is 3.54. The van der Waals surface area contributed by atoms with E-state index in [0.29, 0.717) is 0 Å². The van der Waals surface area contributed by atoms with Crippen molar-refractivity contribution in [1.82, 2.24) is 0 Å². The zero-order valence-electron chi connectivity index (χ0n) is 7.02. The molecule has 0 heterocycles. The molecule has 0 saturated heterocycles. The monoisotopic (exact) mass is 179 g/mol. The molecule has 0 amide bonds. The summed E-state index contributed by atoms with van der Waals surface area (Å²) in [6, 6.07) is 2.08. The molecule has 0 aliphatic heterocycles. The lowest BCUT2D eigenvalue weighted by Crippen LogP contribution is -2.12. The molecule has 2 heteroatoms. The first kappa shape index (κ1) is 8.88. The molecule has 0 aromatic heterocycles. The van der Waals surface area contributed by atoms with Gasteiger partial charge in [0.05, 0.1) is 10.2 Å². The molecule has 0 nitrogen and oxygen atoms in total. The van der Waals surface area contributed by atoms with Gasteiger partial charge in [-0.1, -0.05) is 5.19 Å². The van der Waals surface area contributed by atoms with E-state index in [0.717, 1.165) is 10.1 Å². The van der Waals surface area contributed by atoms with E-state index < -0.39 is 0 Å². The summed E-state index contributed by atoms with van der Waals surface area (Å²) in [4.78, 5) is 1.02. The molecular weight excluding hydrogens is 168 g/mol. The van der Waals surface area contributed by atoms with Crippen LogP contribution in [-0.4, -0.2) is 10.2 Å². The van der Waals surface area contributed by atoms with Crippen molar-refractivity contribution in [3.8, 4) is 0 Å². The number of aryl methyl sites for hydroxylation is 1. The van der Waals surface area contributed by atoms with Gasteiger partial charge < -0.3 is 0 Å². The number of benzene rings is 1. The maximum absolute atomic E-state index is 4.34. The zero-order valence-corrected chi connectivity index (χ0v) is 8.92. The maximum atomic E-state index is 4.34. The molecule has 57 valence electrons. The highest BCUT2D eigenvalue weighted by atomic mass is 32.1. The van der Waals surface area contributed by atoms with Crippen molar-refractivity contribution in [1.29, 1.82) is 0 Å². The van der Waals surface area contributed by atoms with Crippen molar-refractivity contribution in [2.24, 2.45) is 0 Å². The predicted octanol–water partition coefficient (Wildman–Crippen LogP) is 1.69. The molecule has 0 aliphatic rings. The maximum Gasteiger partial charge on any atom is 0.0731 e. The minimum Gasteiger partial charge on any atom is -0.144 e. The topological polar surface area (TPSA) is 0 Å². The minimum absolute atomic E-state index is 1.02. The van der Waals surface area contributed by atoms with Crippen LogP contribution in [0, 0.1) is 20.8 Å². The predicted molar refractivity (Wildman–Crippen MR) is 53.3 cm³/mol. The first-order valence-electron chi connectivity index (χ1n) is 3.55. The Kier molecular flexibility index (Phi) is 2.45. The van der Waals surface area contributed by atoms with Crippen LogP contribution in [0.3, 0.4) is 0 Å². The van der Waals surface area contributed by atoms with Crippen molar-refractivity contribution < 1.29 is 0 Å². The van der Waals surface area contributed by atoms with Crippen molar-refractivity contribution in [3.63, 3.8) is 0 Å². The number of hydrogen-bond donors (Lipinski definition) is 1. The van der Waals surface area contributed by atoms with E-state index >= 15 is 0 Å². The second-order valence-corrected chi connectivity index (χ2v) is 3.82. The fourth-order valence-electron chi connectivity index (χ4n) is 1.06. The van der Waals surface area contributed by atoms with Crippen LogP contribution in [0.4, 0.5) is 0 Å². The van der Waals surface area contributed by atoms with Gasteiger partial charge in [-0.3, -0.25) is 0 Å². The molecule has 1 rings (SSSR count). The van der Waals surface area contributed by atoms with E-state index in [1.165, 1.54) is 16.7 Å². The van der Waals surface area contributed by atoms with E-state index in [2.05, 4.69) is 49.7 Å². The van der Waals surface area contributed by atoms with Crippen molar-refractivity contribution in [2.75, 3.05) is 0 Å². The largest absolute Gasteiger partial charge is 0.144 e. The Balaban J connectivity index is 3.46. The molecule has 0 unspecified atom stereocenters. The molecule has 0 bridgehead atoms. The second kappa shape index (κ2) is 3.03. The highest BCUT2D eigenvalue weighted by molar-refractivity contribution is 7.80. The summed E-state index contributed by atoms with van der Waals surface area (Å²) in [5.74, 6) is 0. The fourth-order valence-corrected chi connectivity index (χ4v) is 1.68. The summed E-state index contributed by atoms with van der Waals surface area (Å²) >= 11 is 4.34. The zero-order chi connectivity index (χ0) is 8.59. The number of hydrogen-bond acceptors (Lipinski definition) is 1. The van der Waals surface area contributed by atoms with E-state index in [1.807, 2.05) is 0 Å². The Morgan fingerprint density at radius 2 is 1.73 bits per heavy atom. The standard InChI is InChI=1S/C9H11SSi/c1-5-4-8(10)9(11)7(3)6(5)2/h4,10H,1-3H3. The van der Waals surface area contributed by atoms with Crippen LogP contribution < -0.4 is 5.19 Å². The molecule has 0 spiro atoms. The van der Waals surface area contributed by atoms with Gasteiger partial charge in [0.15, 0.2) is 0 Å². The molecule has 0 fully saturated rings. The molecule has 1 aromatic rings. The lowest BCUT2D eigenvalue weighted by molar-refractivity contribution is 1.24. The Morgan fingerprint density at radius 3 is 2.27 bits per heavy atom. The summed E-state index contributed by atoms with van der Waals surface area (Å²) in [5.41, 5.74) is 3.92. The van der Waals surface area contributed by atoms with Gasteiger partial charge in [0, 0.05) is 4.90 Å². The Bertz CT molecular complexity index is 266. The second-order valence-electron chi connectivity index (χ2n) is 2.84. The van der Waals surface area contributed by atoms with E-state index in [9.17, 15) is 0 Å². The Hall–Kier alpha value is -0.213. The van der Waals surface area contributed by atoms with Gasteiger partial charge in [-0.05, 0) is 43.5 Å². The third-order valence-corrected chi connectivity index (χ3v) is 3.35. The average molecular weight is 179 g/mol. The van der Waals surface area contributed by atoms with Crippen LogP contribution in [0.5, 0.6) is 0 Å². The van der Waals surface area contributed by atoms with Crippen molar-refractivity contribution >= 4 is 28.1 Å². The van der Waals surface area contributed by atoms with Crippen molar-refractivity contribution in [3.05, 3.63) is 22.8 Å². The minimum atomic E-state index is 1.02. The Labute approximate surface area is 76.9 Å². The number of rotatable bonds is 0. The van der Waals surface area contributed by atoms with Crippen LogP contribution in [0.1, 0.15) is 16.7 Å². The Morgan fingerprint density at radius 1 is 1.18 bits per heavy atom. The van der Waals surface area contributed by atoms with Gasteiger partial charge in [-0.2, -0.15) is 0 Å². The smallest absolute Gasteiger partial charge is 0.0731 e. The number of thiol groups is 1. The third kappa shape index (κ3) is 1.52. The molecular formula is C9H11SSi. The van der Waals surface area contributed by atoms with Crippen molar-refractivity contribution in [2.45, 2.75) is 25.7 Å². The molecule has 0 aliphatic carbocycles. The molecule has 0 N–H and O–H groups in total. The summed E-state index contributed by atoms with van der Waals surface area (Å²) in [5, 5.41) is 1.11. The summed E-state index contributed by atoms with van der Waals surface area (Å²) in [6.45, 7) is 6.33. The van der Waals surface area contributed by atoms with E-state index in [-0.39, 0.29) is 0 Å². The fraction of sp³-hybridized carbons (Fsp3) is 0.333. The van der Waals surface area contributed by atoms with Crippen LogP contribution in [-0.2, 0) is 0 Å². The van der Waals surface area contributed by atoms with Crippen LogP contribution >= 0.6 is 12.6 Å².